The molecule has 160 valence electrons. The summed E-state index contributed by atoms with van der Waals surface area (Å²) in [5, 5.41) is 12.9. The Bertz CT molecular complexity index is 1150. The number of hydrogen-bond acceptors (Lipinski definition) is 6. The van der Waals surface area contributed by atoms with E-state index in [9.17, 15) is 10.1 Å². The van der Waals surface area contributed by atoms with Crippen molar-refractivity contribution in [3.8, 4) is 6.07 Å². The van der Waals surface area contributed by atoms with Crippen molar-refractivity contribution < 1.29 is 4.79 Å². The monoisotopic (exact) mass is 417 g/mol. The summed E-state index contributed by atoms with van der Waals surface area (Å²) in [4.78, 5) is 28.5. The third-order valence-corrected chi connectivity index (χ3v) is 5.90. The number of anilines is 1. The highest BCUT2D eigenvalue weighted by Crippen LogP contribution is 2.28. The van der Waals surface area contributed by atoms with Crippen LogP contribution in [0.2, 0.25) is 0 Å². The van der Waals surface area contributed by atoms with Gasteiger partial charge in [-0.1, -0.05) is 12.1 Å². The number of imidazole rings is 1. The number of aryl methyl sites for hydroxylation is 2. The Kier molecular flexibility index (Phi) is 5.96. The Balaban J connectivity index is 1.66. The van der Waals surface area contributed by atoms with Crippen LogP contribution in [0.5, 0.6) is 0 Å². The summed E-state index contributed by atoms with van der Waals surface area (Å²) in [6, 6.07) is 10.2. The Morgan fingerprint density at radius 2 is 2.16 bits per heavy atom. The van der Waals surface area contributed by atoms with Crippen molar-refractivity contribution in [1.29, 1.82) is 5.26 Å². The summed E-state index contributed by atoms with van der Waals surface area (Å²) in [6.07, 6.45) is 3.52. The quantitative estimate of drug-likeness (QED) is 0.685. The van der Waals surface area contributed by atoms with Crippen LogP contribution in [-0.2, 0) is 11.3 Å². The van der Waals surface area contributed by atoms with Gasteiger partial charge in [0.05, 0.1) is 28.7 Å². The molecule has 0 bridgehead atoms. The van der Waals surface area contributed by atoms with E-state index >= 15 is 0 Å². The molecule has 0 aliphatic carbocycles. The molecule has 8 nitrogen and oxygen atoms in total. The molecular formula is C23H27N7O. The molecule has 0 spiro atoms. The molecule has 1 aliphatic heterocycles. The molecule has 1 fully saturated rings. The van der Waals surface area contributed by atoms with Crippen LogP contribution in [0, 0.1) is 24.2 Å². The number of carbonyl (C=O) groups is 1. The number of amides is 1. The Hall–Kier alpha value is -3.31. The van der Waals surface area contributed by atoms with Crippen LogP contribution in [0.15, 0.2) is 30.5 Å². The minimum Gasteiger partial charge on any atom is -0.327 e. The van der Waals surface area contributed by atoms with Crippen LogP contribution in [-0.4, -0.2) is 50.5 Å². The molecular weight excluding hydrogens is 390 g/mol. The molecule has 2 unspecified atom stereocenters. The fraction of sp³-hybridized carbons (Fsp3) is 0.435. The van der Waals surface area contributed by atoms with Crippen LogP contribution < -0.4 is 5.32 Å². The summed E-state index contributed by atoms with van der Waals surface area (Å²) in [5.41, 5.74) is 3.19. The van der Waals surface area contributed by atoms with Crippen molar-refractivity contribution in [2.45, 2.75) is 39.2 Å². The molecule has 1 N–H and O–H groups in total. The zero-order chi connectivity index (χ0) is 22.0. The van der Waals surface area contributed by atoms with Crippen LogP contribution >= 0.6 is 0 Å². The van der Waals surface area contributed by atoms with Crippen molar-refractivity contribution >= 4 is 22.9 Å². The lowest BCUT2D eigenvalue weighted by Gasteiger charge is -2.28. The topological polar surface area (TPSA) is 99.7 Å². The fourth-order valence-electron chi connectivity index (χ4n) is 4.29. The minimum absolute atomic E-state index is 0.0735. The Morgan fingerprint density at radius 3 is 2.90 bits per heavy atom. The molecule has 1 saturated heterocycles. The number of aromatic nitrogens is 4. The smallest absolute Gasteiger partial charge is 0.231 e. The third-order valence-electron chi connectivity index (χ3n) is 5.90. The first-order valence-electron chi connectivity index (χ1n) is 10.7. The van der Waals surface area contributed by atoms with Gasteiger partial charge in [-0.3, -0.25) is 10.1 Å². The number of fused-ring (bicyclic) bond motifs is 1. The van der Waals surface area contributed by atoms with Crippen molar-refractivity contribution in [3.63, 3.8) is 0 Å². The molecule has 0 saturated carbocycles. The number of para-hydroxylation sites is 2. The molecule has 0 radical (unpaired) electrons. The lowest BCUT2D eigenvalue weighted by atomic mass is 9.98. The maximum atomic E-state index is 12.7. The zero-order valence-electron chi connectivity index (χ0n) is 18.2. The summed E-state index contributed by atoms with van der Waals surface area (Å²) in [5.74, 6) is 0.0723. The molecule has 1 amide bonds. The van der Waals surface area contributed by atoms with Crippen molar-refractivity contribution in [3.05, 3.63) is 47.5 Å². The zero-order valence-corrected chi connectivity index (χ0v) is 18.2. The molecule has 1 aliphatic rings. The Morgan fingerprint density at radius 1 is 1.35 bits per heavy atom. The number of likely N-dealkylation sites (tertiary alicyclic amines) is 1. The lowest BCUT2D eigenvalue weighted by molar-refractivity contribution is -0.121. The number of piperidine rings is 1. The fourth-order valence-corrected chi connectivity index (χ4v) is 4.29. The van der Waals surface area contributed by atoms with E-state index in [2.05, 4.69) is 26.3 Å². The standard InChI is InChI=1S/C23H27N7O/c1-4-30-19-10-6-5-9-18(19)26-21(30)17(12-24)20-15(2)13-25-23(27-20)28-22(31)16-8-7-11-29(3)14-16/h5-6,9-10,13,16-17H,4,7-8,11,14H2,1-3H3,(H,25,27,28,31). The number of nitrogens with zero attached hydrogens (tertiary/aromatic N) is 6. The summed E-state index contributed by atoms with van der Waals surface area (Å²) >= 11 is 0. The number of carbonyl (C=O) groups excluding carboxylic acids is 1. The second-order valence-electron chi connectivity index (χ2n) is 8.12. The molecule has 2 atom stereocenters. The van der Waals surface area contributed by atoms with Crippen LogP contribution in [0.4, 0.5) is 5.95 Å². The molecule has 1 aromatic carbocycles. The van der Waals surface area contributed by atoms with Gasteiger partial charge in [0.2, 0.25) is 11.9 Å². The van der Waals surface area contributed by atoms with Crippen LogP contribution in [0.25, 0.3) is 11.0 Å². The van der Waals surface area contributed by atoms with Gasteiger partial charge in [0.15, 0.2) is 0 Å². The van der Waals surface area contributed by atoms with Gasteiger partial charge < -0.3 is 9.47 Å². The van der Waals surface area contributed by atoms with Crippen molar-refractivity contribution in [2.75, 3.05) is 25.5 Å². The summed E-state index contributed by atoms with van der Waals surface area (Å²) in [6.45, 7) is 6.34. The van der Waals surface area contributed by atoms with Crippen molar-refractivity contribution in [1.82, 2.24) is 24.4 Å². The number of hydrogen-bond donors (Lipinski definition) is 1. The number of rotatable bonds is 5. The van der Waals surface area contributed by atoms with E-state index in [0.29, 0.717) is 18.1 Å². The van der Waals surface area contributed by atoms with E-state index in [0.717, 1.165) is 42.5 Å². The van der Waals surface area contributed by atoms with Crippen LogP contribution in [0.3, 0.4) is 0 Å². The molecule has 31 heavy (non-hydrogen) atoms. The number of benzene rings is 1. The minimum atomic E-state index is -0.660. The van der Waals surface area contributed by atoms with Gasteiger partial charge in [0, 0.05) is 19.3 Å². The van der Waals surface area contributed by atoms with Gasteiger partial charge in [-0.2, -0.15) is 5.26 Å². The first-order valence-corrected chi connectivity index (χ1v) is 10.7. The normalized spacial score (nSPS) is 17.9. The highest BCUT2D eigenvalue weighted by molar-refractivity contribution is 5.91. The predicted molar refractivity (Wildman–Crippen MR) is 118 cm³/mol. The van der Waals surface area contributed by atoms with Gasteiger partial charge in [0.1, 0.15) is 11.7 Å². The first-order chi connectivity index (χ1) is 15.0. The van der Waals surface area contributed by atoms with E-state index in [1.165, 1.54) is 0 Å². The molecule has 3 aromatic rings. The largest absolute Gasteiger partial charge is 0.327 e. The maximum absolute atomic E-state index is 12.7. The number of nitrogens with one attached hydrogen (secondary N) is 1. The lowest BCUT2D eigenvalue weighted by Crippen LogP contribution is -2.38. The van der Waals surface area contributed by atoms with Gasteiger partial charge in [-0.15, -0.1) is 0 Å². The molecule has 4 rings (SSSR count). The summed E-state index contributed by atoms with van der Waals surface area (Å²) < 4.78 is 2.04. The maximum Gasteiger partial charge on any atom is 0.231 e. The third kappa shape index (κ3) is 4.14. The van der Waals surface area contributed by atoms with Gasteiger partial charge in [-0.25, -0.2) is 15.0 Å². The first kappa shape index (κ1) is 20.9. The summed E-state index contributed by atoms with van der Waals surface area (Å²) in [7, 11) is 2.03. The molecule has 3 heterocycles. The Labute approximate surface area is 181 Å². The van der Waals surface area contributed by atoms with Gasteiger partial charge in [-0.05, 0) is 58.0 Å². The van der Waals surface area contributed by atoms with E-state index in [1.807, 2.05) is 49.7 Å². The SMILES string of the molecule is CCn1c(C(C#N)c2nc(NC(=O)C3CCCN(C)C3)ncc2C)nc2ccccc21. The highest BCUT2D eigenvalue weighted by Gasteiger charge is 2.27. The van der Waals surface area contributed by atoms with Crippen molar-refractivity contribution in [2.24, 2.45) is 5.92 Å². The van der Waals surface area contributed by atoms with Gasteiger partial charge in [0.25, 0.3) is 0 Å². The van der Waals surface area contributed by atoms with Gasteiger partial charge >= 0.3 is 0 Å². The highest BCUT2D eigenvalue weighted by atomic mass is 16.2. The molecule has 8 heteroatoms. The number of nitriles is 1. The van der Waals surface area contributed by atoms with E-state index < -0.39 is 5.92 Å². The van der Waals surface area contributed by atoms with E-state index in [4.69, 9.17) is 4.98 Å². The predicted octanol–water partition coefficient (Wildman–Crippen LogP) is 3.09. The average Bonchev–Trinajstić information content (AvgIpc) is 3.14. The van der Waals surface area contributed by atoms with Crippen LogP contribution in [0.1, 0.15) is 42.8 Å². The molecule has 2 aromatic heterocycles. The average molecular weight is 418 g/mol. The van der Waals surface area contributed by atoms with E-state index in [1.54, 1.807) is 6.20 Å². The second-order valence-corrected chi connectivity index (χ2v) is 8.12. The second kappa shape index (κ2) is 8.82. The van der Waals surface area contributed by atoms with E-state index in [-0.39, 0.29) is 17.8 Å².